The maximum absolute atomic E-state index is 12.1. The van der Waals surface area contributed by atoms with Crippen LogP contribution in [0.3, 0.4) is 0 Å². The predicted molar refractivity (Wildman–Crippen MR) is 79.3 cm³/mol. The average Bonchev–Trinajstić information content (AvgIpc) is 2.46. The summed E-state index contributed by atoms with van der Waals surface area (Å²) in [4.78, 5) is 12.1. The summed E-state index contributed by atoms with van der Waals surface area (Å²) >= 11 is 0. The van der Waals surface area contributed by atoms with Gasteiger partial charge in [-0.2, -0.15) is 0 Å². The smallest absolute Gasteiger partial charge is 0.237 e. The fraction of sp³-hybridized carbons (Fsp3) is 0.562. The number of carbonyl (C=O) groups is 1. The van der Waals surface area contributed by atoms with Crippen molar-refractivity contribution in [3.63, 3.8) is 0 Å². The molecule has 1 aliphatic heterocycles. The van der Waals surface area contributed by atoms with Crippen LogP contribution in [0.15, 0.2) is 30.3 Å². The van der Waals surface area contributed by atoms with Crippen molar-refractivity contribution in [1.29, 1.82) is 0 Å². The van der Waals surface area contributed by atoms with Crippen molar-refractivity contribution in [2.24, 2.45) is 5.73 Å². The highest BCUT2D eigenvalue weighted by molar-refractivity contribution is 5.81. The Hall–Kier alpha value is -1.39. The second-order valence-electron chi connectivity index (χ2n) is 5.54. The van der Waals surface area contributed by atoms with Crippen LogP contribution < -0.4 is 11.1 Å². The lowest BCUT2D eigenvalue weighted by Gasteiger charge is -2.28. The Morgan fingerprint density at radius 2 is 2.20 bits per heavy atom. The van der Waals surface area contributed by atoms with Gasteiger partial charge in [-0.3, -0.25) is 4.79 Å². The van der Waals surface area contributed by atoms with E-state index in [4.69, 9.17) is 10.5 Å². The van der Waals surface area contributed by atoms with Crippen LogP contribution in [0.1, 0.15) is 31.7 Å². The lowest BCUT2D eigenvalue weighted by atomic mass is 10.0. The first kappa shape index (κ1) is 15.0. The zero-order chi connectivity index (χ0) is 14.4. The zero-order valence-corrected chi connectivity index (χ0v) is 12.0. The van der Waals surface area contributed by atoms with Crippen LogP contribution in [0.2, 0.25) is 0 Å². The van der Waals surface area contributed by atoms with Gasteiger partial charge in [0.25, 0.3) is 0 Å². The van der Waals surface area contributed by atoms with E-state index < -0.39 is 6.04 Å². The van der Waals surface area contributed by atoms with Crippen LogP contribution in [0.5, 0.6) is 0 Å². The minimum Gasteiger partial charge on any atom is -0.378 e. The van der Waals surface area contributed by atoms with Crippen molar-refractivity contribution in [2.75, 3.05) is 6.61 Å². The third-order valence-electron chi connectivity index (χ3n) is 3.76. The van der Waals surface area contributed by atoms with Gasteiger partial charge < -0.3 is 15.8 Å². The first-order valence-corrected chi connectivity index (χ1v) is 7.36. The van der Waals surface area contributed by atoms with E-state index in [9.17, 15) is 4.79 Å². The third kappa shape index (κ3) is 4.62. The fourth-order valence-electron chi connectivity index (χ4n) is 2.54. The Morgan fingerprint density at radius 3 is 2.90 bits per heavy atom. The van der Waals surface area contributed by atoms with Gasteiger partial charge in [0.2, 0.25) is 5.91 Å². The molecule has 1 fully saturated rings. The molecule has 4 nitrogen and oxygen atoms in total. The molecule has 0 aliphatic carbocycles. The SMILES string of the molecule is CC1CC(NC(=O)C(N)CCc2ccccc2)CCO1. The maximum Gasteiger partial charge on any atom is 0.237 e. The van der Waals surface area contributed by atoms with Gasteiger partial charge in [0.05, 0.1) is 12.1 Å². The monoisotopic (exact) mass is 276 g/mol. The Morgan fingerprint density at radius 1 is 1.45 bits per heavy atom. The maximum atomic E-state index is 12.1. The van der Waals surface area contributed by atoms with Gasteiger partial charge in [0, 0.05) is 12.6 Å². The molecule has 1 heterocycles. The van der Waals surface area contributed by atoms with Crippen LogP contribution >= 0.6 is 0 Å². The van der Waals surface area contributed by atoms with Crippen molar-refractivity contribution in [1.82, 2.24) is 5.32 Å². The molecule has 0 radical (unpaired) electrons. The molecule has 3 atom stereocenters. The number of rotatable bonds is 5. The molecule has 3 N–H and O–H groups in total. The number of ether oxygens (including phenoxy) is 1. The van der Waals surface area contributed by atoms with Crippen LogP contribution in [0.4, 0.5) is 0 Å². The normalized spacial score (nSPS) is 24.1. The molecule has 0 aromatic heterocycles. The van der Waals surface area contributed by atoms with Gasteiger partial charge in [-0.1, -0.05) is 30.3 Å². The summed E-state index contributed by atoms with van der Waals surface area (Å²) in [5.41, 5.74) is 7.19. The number of nitrogens with one attached hydrogen (secondary N) is 1. The molecule has 3 unspecified atom stereocenters. The molecule has 1 aliphatic rings. The number of benzene rings is 1. The first-order chi connectivity index (χ1) is 9.65. The second kappa shape index (κ2) is 7.41. The first-order valence-electron chi connectivity index (χ1n) is 7.36. The van der Waals surface area contributed by atoms with E-state index in [1.54, 1.807) is 0 Å². The van der Waals surface area contributed by atoms with Crippen LogP contribution in [-0.2, 0) is 16.0 Å². The molecule has 1 aromatic rings. The summed E-state index contributed by atoms with van der Waals surface area (Å²) in [5.74, 6) is -0.0416. The summed E-state index contributed by atoms with van der Waals surface area (Å²) in [6.45, 7) is 2.75. The number of aryl methyl sites for hydroxylation is 1. The molecule has 1 amide bonds. The molecule has 110 valence electrons. The van der Waals surface area contributed by atoms with Gasteiger partial charge in [0.1, 0.15) is 0 Å². The second-order valence-corrected chi connectivity index (χ2v) is 5.54. The molecular weight excluding hydrogens is 252 g/mol. The van der Waals surface area contributed by atoms with Crippen molar-refractivity contribution in [3.8, 4) is 0 Å². The van der Waals surface area contributed by atoms with Crippen LogP contribution in [0.25, 0.3) is 0 Å². The number of nitrogens with two attached hydrogens (primary N) is 1. The van der Waals surface area contributed by atoms with Crippen molar-refractivity contribution in [2.45, 2.75) is 50.8 Å². The third-order valence-corrected chi connectivity index (χ3v) is 3.76. The van der Waals surface area contributed by atoms with E-state index in [1.807, 2.05) is 25.1 Å². The van der Waals surface area contributed by atoms with E-state index in [1.165, 1.54) is 5.56 Å². The lowest BCUT2D eigenvalue weighted by molar-refractivity contribution is -0.124. The molecule has 0 spiro atoms. The minimum absolute atomic E-state index is 0.0416. The Bertz CT molecular complexity index is 422. The molecule has 20 heavy (non-hydrogen) atoms. The molecule has 1 aromatic carbocycles. The van der Waals surface area contributed by atoms with E-state index in [0.717, 1.165) is 19.3 Å². The topological polar surface area (TPSA) is 64.4 Å². The molecular formula is C16H24N2O2. The number of hydrogen-bond donors (Lipinski definition) is 2. The summed E-state index contributed by atoms with van der Waals surface area (Å²) in [6, 6.07) is 9.88. The quantitative estimate of drug-likeness (QED) is 0.859. The van der Waals surface area contributed by atoms with Gasteiger partial charge in [-0.15, -0.1) is 0 Å². The molecule has 0 bridgehead atoms. The summed E-state index contributed by atoms with van der Waals surface area (Å²) in [6.07, 6.45) is 3.47. The van der Waals surface area contributed by atoms with E-state index >= 15 is 0 Å². The molecule has 4 heteroatoms. The van der Waals surface area contributed by atoms with Gasteiger partial charge >= 0.3 is 0 Å². The minimum atomic E-state index is -0.437. The zero-order valence-electron chi connectivity index (χ0n) is 12.0. The fourth-order valence-corrected chi connectivity index (χ4v) is 2.54. The number of amides is 1. The van der Waals surface area contributed by atoms with E-state index in [0.29, 0.717) is 13.0 Å². The highest BCUT2D eigenvalue weighted by Gasteiger charge is 2.23. The van der Waals surface area contributed by atoms with Crippen LogP contribution in [-0.4, -0.2) is 30.7 Å². The Kier molecular flexibility index (Phi) is 5.56. The standard InChI is InChI=1S/C16H24N2O2/c1-12-11-14(9-10-20-12)18-16(19)15(17)8-7-13-5-3-2-4-6-13/h2-6,12,14-15H,7-11,17H2,1H3,(H,18,19). The van der Waals surface area contributed by atoms with Gasteiger partial charge in [0.15, 0.2) is 0 Å². The lowest BCUT2D eigenvalue weighted by Crippen LogP contribution is -2.48. The Balaban J connectivity index is 1.74. The Labute approximate surface area is 120 Å². The van der Waals surface area contributed by atoms with Gasteiger partial charge in [-0.25, -0.2) is 0 Å². The van der Waals surface area contributed by atoms with Crippen LogP contribution in [0, 0.1) is 0 Å². The average molecular weight is 276 g/mol. The van der Waals surface area contributed by atoms with Crippen molar-refractivity contribution >= 4 is 5.91 Å². The van der Waals surface area contributed by atoms with E-state index in [2.05, 4.69) is 17.4 Å². The number of carbonyl (C=O) groups excluding carboxylic acids is 1. The summed E-state index contributed by atoms with van der Waals surface area (Å²) in [5, 5.41) is 3.04. The summed E-state index contributed by atoms with van der Waals surface area (Å²) < 4.78 is 5.47. The summed E-state index contributed by atoms with van der Waals surface area (Å²) in [7, 11) is 0. The molecule has 2 rings (SSSR count). The van der Waals surface area contributed by atoms with Crippen molar-refractivity contribution in [3.05, 3.63) is 35.9 Å². The van der Waals surface area contributed by atoms with Crippen molar-refractivity contribution < 1.29 is 9.53 Å². The van der Waals surface area contributed by atoms with E-state index in [-0.39, 0.29) is 18.1 Å². The highest BCUT2D eigenvalue weighted by atomic mass is 16.5. The predicted octanol–water partition coefficient (Wildman–Crippen LogP) is 1.63. The highest BCUT2D eigenvalue weighted by Crippen LogP contribution is 2.13. The number of hydrogen-bond acceptors (Lipinski definition) is 3. The van der Waals surface area contributed by atoms with Gasteiger partial charge in [-0.05, 0) is 38.2 Å². The molecule has 0 saturated carbocycles. The largest absolute Gasteiger partial charge is 0.378 e. The molecule has 1 saturated heterocycles.